The van der Waals surface area contributed by atoms with E-state index in [1.165, 1.54) is 6.33 Å². The van der Waals surface area contributed by atoms with Crippen LogP contribution in [0.15, 0.2) is 41.9 Å². The zero-order valence-electron chi connectivity index (χ0n) is 13.7. The highest BCUT2D eigenvalue weighted by atomic mass is 16.5. The minimum Gasteiger partial charge on any atom is -0.380 e. The number of hydrogen-bond acceptors (Lipinski definition) is 4. The van der Waals surface area contributed by atoms with Crippen LogP contribution in [0.4, 0.5) is 0 Å². The highest BCUT2D eigenvalue weighted by molar-refractivity contribution is 5.79. The van der Waals surface area contributed by atoms with Gasteiger partial charge in [-0.15, -0.1) is 0 Å². The fourth-order valence-corrected chi connectivity index (χ4v) is 1.99. The Morgan fingerprint density at radius 1 is 1.22 bits per heavy atom. The van der Waals surface area contributed by atoms with Gasteiger partial charge in [0.05, 0.1) is 18.8 Å². The van der Waals surface area contributed by atoms with E-state index in [4.69, 9.17) is 4.74 Å². The van der Waals surface area contributed by atoms with E-state index in [-0.39, 0.29) is 0 Å². The molecule has 124 valence electrons. The first-order valence-corrected chi connectivity index (χ1v) is 7.87. The zero-order chi connectivity index (χ0) is 16.3. The molecule has 2 N–H and O–H groups in total. The molecule has 0 saturated heterocycles. The largest absolute Gasteiger partial charge is 0.380 e. The summed E-state index contributed by atoms with van der Waals surface area (Å²) in [5.74, 6) is 0.799. The first-order valence-electron chi connectivity index (χ1n) is 7.87. The number of aromatic nitrogens is 3. The monoisotopic (exact) mass is 316 g/mol. The van der Waals surface area contributed by atoms with E-state index < -0.39 is 0 Å². The van der Waals surface area contributed by atoms with Gasteiger partial charge in [0.15, 0.2) is 5.96 Å². The smallest absolute Gasteiger partial charge is 0.191 e. The SMILES string of the molecule is CCNC(=NCc1ccc(-n2cncn2)cc1)NCCOCC. The van der Waals surface area contributed by atoms with Crippen molar-refractivity contribution in [3.8, 4) is 5.69 Å². The molecule has 2 rings (SSSR count). The minimum absolute atomic E-state index is 0.613. The summed E-state index contributed by atoms with van der Waals surface area (Å²) in [5.41, 5.74) is 2.12. The number of guanidine groups is 1. The van der Waals surface area contributed by atoms with Crippen molar-refractivity contribution in [3.63, 3.8) is 0 Å². The maximum Gasteiger partial charge on any atom is 0.191 e. The van der Waals surface area contributed by atoms with Crippen molar-refractivity contribution in [2.45, 2.75) is 20.4 Å². The number of rotatable bonds is 8. The highest BCUT2D eigenvalue weighted by Gasteiger charge is 1.99. The third-order valence-electron chi connectivity index (χ3n) is 3.13. The van der Waals surface area contributed by atoms with Crippen molar-refractivity contribution in [1.29, 1.82) is 0 Å². The van der Waals surface area contributed by atoms with Crippen molar-refractivity contribution in [2.24, 2.45) is 4.99 Å². The van der Waals surface area contributed by atoms with Crippen LogP contribution in [0.1, 0.15) is 19.4 Å². The van der Waals surface area contributed by atoms with E-state index in [0.29, 0.717) is 13.2 Å². The number of nitrogens with one attached hydrogen (secondary N) is 2. The molecule has 0 unspecified atom stereocenters. The number of hydrogen-bond donors (Lipinski definition) is 2. The van der Waals surface area contributed by atoms with E-state index >= 15 is 0 Å². The van der Waals surface area contributed by atoms with Gasteiger partial charge in [-0.2, -0.15) is 5.10 Å². The Balaban J connectivity index is 1.90. The Hall–Kier alpha value is -2.41. The van der Waals surface area contributed by atoms with Gasteiger partial charge in [-0.1, -0.05) is 12.1 Å². The molecule has 0 atom stereocenters. The molecule has 0 aliphatic heterocycles. The highest BCUT2D eigenvalue weighted by Crippen LogP contribution is 2.08. The summed E-state index contributed by atoms with van der Waals surface area (Å²) >= 11 is 0. The first kappa shape index (κ1) is 17.0. The molecule has 0 aliphatic carbocycles. The third-order valence-corrected chi connectivity index (χ3v) is 3.13. The van der Waals surface area contributed by atoms with Crippen molar-refractivity contribution in [2.75, 3.05) is 26.3 Å². The third kappa shape index (κ3) is 5.71. The van der Waals surface area contributed by atoms with Gasteiger partial charge in [-0.3, -0.25) is 0 Å². The lowest BCUT2D eigenvalue weighted by Crippen LogP contribution is -2.39. The molecule has 0 aliphatic rings. The van der Waals surface area contributed by atoms with Crippen molar-refractivity contribution >= 4 is 5.96 Å². The molecule has 1 aromatic heterocycles. The Labute approximate surface area is 136 Å². The molecule has 1 heterocycles. The molecule has 0 amide bonds. The minimum atomic E-state index is 0.613. The number of aliphatic imine (C=N–C) groups is 1. The topological polar surface area (TPSA) is 76.4 Å². The van der Waals surface area contributed by atoms with Crippen molar-refractivity contribution < 1.29 is 4.74 Å². The van der Waals surface area contributed by atoms with Gasteiger partial charge >= 0.3 is 0 Å². The number of ether oxygens (including phenoxy) is 1. The van der Waals surface area contributed by atoms with Gasteiger partial charge in [0.1, 0.15) is 12.7 Å². The van der Waals surface area contributed by atoms with E-state index in [1.807, 2.05) is 38.1 Å². The summed E-state index contributed by atoms with van der Waals surface area (Å²) < 4.78 is 7.04. The van der Waals surface area contributed by atoms with E-state index in [1.54, 1.807) is 11.0 Å². The average Bonchev–Trinajstić information content (AvgIpc) is 3.11. The maximum absolute atomic E-state index is 5.31. The lowest BCUT2D eigenvalue weighted by atomic mass is 10.2. The first-order chi connectivity index (χ1) is 11.3. The Bertz CT molecular complexity index is 579. The van der Waals surface area contributed by atoms with Crippen molar-refractivity contribution in [1.82, 2.24) is 25.4 Å². The molecule has 1 aromatic carbocycles. The van der Waals surface area contributed by atoms with Crippen molar-refractivity contribution in [3.05, 3.63) is 42.5 Å². The maximum atomic E-state index is 5.31. The quantitative estimate of drug-likeness (QED) is 0.437. The average molecular weight is 316 g/mol. The molecule has 23 heavy (non-hydrogen) atoms. The summed E-state index contributed by atoms with van der Waals surface area (Å²) in [7, 11) is 0. The second kappa shape index (κ2) is 9.58. The van der Waals surface area contributed by atoms with Gasteiger partial charge in [0, 0.05) is 19.7 Å². The van der Waals surface area contributed by atoms with Crippen LogP contribution < -0.4 is 10.6 Å². The number of nitrogens with zero attached hydrogens (tertiary/aromatic N) is 4. The predicted molar refractivity (Wildman–Crippen MR) is 90.7 cm³/mol. The standard InChI is InChI=1S/C16H24N6O/c1-3-18-16(19-9-10-23-4-2)20-11-14-5-7-15(8-6-14)22-13-17-12-21-22/h5-8,12-13H,3-4,9-11H2,1-2H3,(H2,18,19,20). The summed E-state index contributed by atoms with van der Waals surface area (Å²) in [5, 5.41) is 10.6. The van der Waals surface area contributed by atoms with Crippen LogP contribution in [0.25, 0.3) is 5.69 Å². The van der Waals surface area contributed by atoms with Crippen LogP contribution >= 0.6 is 0 Å². The molecule has 7 nitrogen and oxygen atoms in total. The van der Waals surface area contributed by atoms with Gasteiger partial charge < -0.3 is 15.4 Å². The van der Waals surface area contributed by atoms with Crippen LogP contribution in [-0.4, -0.2) is 47.0 Å². The van der Waals surface area contributed by atoms with Crippen LogP contribution in [0, 0.1) is 0 Å². The molecular formula is C16H24N6O. The molecule has 7 heteroatoms. The number of benzene rings is 1. The molecule has 0 bridgehead atoms. The van der Waals surface area contributed by atoms with Gasteiger partial charge in [-0.05, 0) is 31.5 Å². The fourth-order valence-electron chi connectivity index (χ4n) is 1.99. The predicted octanol–water partition coefficient (Wildman–Crippen LogP) is 1.36. The fraction of sp³-hybridized carbons (Fsp3) is 0.438. The lowest BCUT2D eigenvalue weighted by Gasteiger charge is -2.11. The molecule has 0 saturated carbocycles. The summed E-state index contributed by atoms with van der Waals surface area (Å²) in [4.78, 5) is 8.52. The molecule has 0 radical (unpaired) electrons. The zero-order valence-corrected chi connectivity index (χ0v) is 13.7. The van der Waals surface area contributed by atoms with E-state index in [0.717, 1.165) is 36.9 Å². The Morgan fingerprint density at radius 2 is 2.04 bits per heavy atom. The second-order valence-corrected chi connectivity index (χ2v) is 4.83. The second-order valence-electron chi connectivity index (χ2n) is 4.83. The van der Waals surface area contributed by atoms with Gasteiger partial charge in [-0.25, -0.2) is 14.7 Å². The molecular weight excluding hydrogens is 292 g/mol. The summed E-state index contributed by atoms with van der Waals surface area (Å²) in [6.45, 7) is 7.62. The Kier molecular flexibility index (Phi) is 7.06. The molecule has 0 spiro atoms. The molecule has 0 fully saturated rings. The van der Waals surface area contributed by atoms with Gasteiger partial charge in [0.2, 0.25) is 0 Å². The molecule has 2 aromatic rings. The van der Waals surface area contributed by atoms with E-state index in [9.17, 15) is 0 Å². The Morgan fingerprint density at radius 3 is 2.70 bits per heavy atom. The van der Waals surface area contributed by atoms with Gasteiger partial charge in [0.25, 0.3) is 0 Å². The lowest BCUT2D eigenvalue weighted by molar-refractivity contribution is 0.152. The summed E-state index contributed by atoms with van der Waals surface area (Å²) in [6, 6.07) is 8.11. The van der Waals surface area contributed by atoms with Crippen LogP contribution in [0.2, 0.25) is 0 Å². The summed E-state index contributed by atoms with van der Waals surface area (Å²) in [6.07, 6.45) is 3.20. The van der Waals surface area contributed by atoms with Crippen LogP contribution in [0.3, 0.4) is 0 Å². The van der Waals surface area contributed by atoms with E-state index in [2.05, 4.69) is 25.7 Å². The van der Waals surface area contributed by atoms with Crippen LogP contribution in [-0.2, 0) is 11.3 Å². The normalized spacial score (nSPS) is 11.5. The van der Waals surface area contributed by atoms with Crippen LogP contribution in [0.5, 0.6) is 0 Å².